The van der Waals surface area contributed by atoms with Crippen molar-refractivity contribution in [3.63, 3.8) is 0 Å². The normalized spacial score (nSPS) is 12.4. The van der Waals surface area contributed by atoms with Crippen LogP contribution in [-0.4, -0.2) is 7.11 Å². The van der Waals surface area contributed by atoms with Gasteiger partial charge in [0.1, 0.15) is 11.6 Å². The first-order valence-corrected chi connectivity index (χ1v) is 6.87. The second-order valence-electron chi connectivity index (χ2n) is 3.60. The van der Waals surface area contributed by atoms with Gasteiger partial charge in [0.05, 0.1) is 22.5 Å². The molecule has 96 valence electrons. The predicted octanol–water partition coefficient (Wildman–Crippen LogP) is 3.21. The monoisotopic (exact) mass is 330 g/mol. The lowest BCUT2D eigenvalue weighted by molar-refractivity contribution is 0.407. The van der Waals surface area contributed by atoms with Crippen LogP contribution < -0.4 is 16.0 Å². The lowest BCUT2D eigenvalue weighted by Gasteiger charge is -2.17. The maximum Gasteiger partial charge on any atom is 0.142 e. The lowest BCUT2D eigenvalue weighted by Crippen LogP contribution is -2.29. The molecule has 2 rings (SSSR count). The van der Waals surface area contributed by atoms with Gasteiger partial charge in [-0.3, -0.25) is 5.84 Å². The van der Waals surface area contributed by atoms with E-state index < -0.39 is 6.04 Å². The summed E-state index contributed by atoms with van der Waals surface area (Å²) in [7, 11) is 1.58. The molecule has 0 saturated heterocycles. The first-order valence-electron chi connectivity index (χ1n) is 5.20. The van der Waals surface area contributed by atoms with Crippen LogP contribution in [0.4, 0.5) is 4.39 Å². The maximum absolute atomic E-state index is 14.1. The molecule has 0 fully saturated rings. The van der Waals surface area contributed by atoms with Gasteiger partial charge in [-0.15, -0.1) is 11.3 Å². The largest absolute Gasteiger partial charge is 0.496 e. The Morgan fingerprint density at radius 2 is 2.22 bits per heavy atom. The number of thiophene rings is 1. The molecule has 0 aliphatic carbocycles. The fourth-order valence-corrected chi connectivity index (χ4v) is 3.06. The highest BCUT2D eigenvalue weighted by Gasteiger charge is 2.22. The summed E-state index contributed by atoms with van der Waals surface area (Å²) >= 11 is 4.64. The fraction of sp³-hybridized carbons (Fsp3) is 0.167. The number of hydrazine groups is 1. The van der Waals surface area contributed by atoms with Crippen LogP contribution in [0, 0.1) is 5.82 Å². The van der Waals surface area contributed by atoms with Crippen molar-refractivity contribution < 1.29 is 9.13 Å². The Bertz CT molecular complexity index is 547. The smallest absolute Gasteiger partial charge is 0.142 e. The van der Waals surface area contributed by atoms with E-state index in [1.807, 2.05) is 11.4 Å². The Balaban J connectivity index is 2.49. The summed E-state index contributed by atoms with van der Waals surface area (Å²) in [5, 5.41) is 1.88. The lowest BCUT2D eigenvalue weighted by atomic mass is 10.1. The zero-order valence-corrected chi connectivity index (χ0v) is 12.0. The third-order valence-electron chi connectivity index (χ3n) is 2.60. The van der Waals surface area contributed by atoms with Gasteiger partial charge in [0.15, 0.2) is 0 Å². The van der Waals surface area contributed by atoms with E-state index >= 15 is 0 Å². The molecule has 1 aromatic carbocycles. The van der Waals surface area contributed by atoms with Crippen LogP contribution in [0.3, 0.4) is 0 Å². The molecule has 0 saturated carbocycles. The molecular weight excluding hydrogens is 319 g/mol. The van der Waals surface area contributed by atoms with Crippen LogP contribution in [-0.2, 0) is 0 Å². The Labute approximate surface area is 117 Å². The predicted molar refractivity (Wildman–Crippen MR) is 74.1 cm³/mol. The van der Waals surface area contributed by atoms with Crippen LogP contribution in [0.15, 0.2) is 34.1 Å². The average Bonchev–Trinajstić information content (AvgIpc) is 2.83. The van der Waals surface area contributed by atoms with Crippen molar-refractivity contribution in [2.24, 2.45) is 5.84 Å². The van der Waals surface area contributed by atoms with E-state index in [9.17, 15) is 4.39 Å². The zero-order chi connectivity index (χ0) is 13.1. The number of nitrogens with two attached hydrogens (primary N) is 1. The number of benzene rings is 1. The van der Waals surface area contributed by atoms with Crippen LogP contribution >= 0.6 is 27.3 Å². The van der Waals surface area contributed by atoms with E-state index in [4.69, 9.17) is 10.6 Å². The molecule has 0 aliphatic rings. The van der Waals surface area contributed by atoms with Gasteiger partial charge in [-0.05, 0) is 33.4 Å². The van der Waals surface area contributed by atoms with Crippen molar-refractivity contribution in [1.29, 1.82) is 0 Å². The highest BCUT2D eigenvalue weighted by molar-refractivity contribution is 9.10. The topological polar surface area (TPSA) is 47.3 Å². The Morgan fingerprint density at radius 1 is 1.44 bits per heavy atom. The van der Waals surface area contributed by atoms with Gasteiger partial charge in [-0.2, -0.15) is 0 Å². The molecule has 0 spiro atoms. The standard InChI is InChI=1S/C12H12BrFN2OS/c1-17-9-5-6-18-12(9)11(16-15)7-3-2-4-8(13)10(7)14/h2-6,11,16H,15H2,1H3. The fourth-order valence-electron chi connectivity index (χ4n) is 1.74. The Hall–Kier alpha value is -0.950. The molecule has 0 bridgehead atoms. The minimum Gasteiger partial charge on any atom is -0.496 e. The number of rotatable bonds is 4. The molecule has 0 radical (unpaired) electrons. The molecular formula is C12H12BrFN2OS. The van der Waals surface area contributed by atoms with Gasteiger partial charge in [-0.25, -0.2) is 9.82 Å². The van der Waals surface area contributed by atoms with E-state index in [1.54, 1.807) is 25.3 Å². The minimum atomic E-state index is -0.433. The van der Waals surface area contributed by atoms with Gasteiger partial charge in [0.2, 0.25) is 0 Å². The second-order valence-corrected chi connectivity index (χ2v) is 5.40. The second kappa shape index (κ2) is 5.79. The Morgan fingerprint density at radius 3 is 2.89 bits per heavy atom. The highest BCUT2D eigenvalue weighted by atomic mass is 79.9. The zero-order valence-electron chi connectivity index (χ0n) is 9.61. The molecule has 3 N–H and O–H groups in total. The number of nitrogens with one attached hydrogen (secondary N) is 1. The van der Waals surface area contributed by atoms with Gasteiger partial charge in [-0.1, -0.05) is 12.1 Å². The first-order chi connectivity index (χ1) is 8.69. The Kier molecular flexibility index (Phi) is 4.34. The van der Waals surface area contributed by atoms with Gasteiger partial charge < -0.3 is 4.74 Å². The van der Waals surface area contributed by atoms with Crippen molar-refractivity contribution in [2.45, 2.75) is 6.04 Å². The van der Waals surface area contributed by atoms with Crippen molar-refractivity contribution in [1.82, 2.24) is 5.43 Å². The molecule has 1 aromatic heterocycles. The molecule has 1 unspecified atom stereocenters. The maximum atomic E-state index is 14.1. The van der Waals surface area contributed by atoms with Crippen LogP contribution in [0.2, 0.25) is 0 Å². The number of hydrogen-bond acceptors (Lipinski definition) is 4. The van der Waals surface area contributed by atoms with Crippen LogP contribution in [0.25, 0.3) is 0 Å². The molecule has 6 heteroatoms. The van der Waals surface area contributed by atoms with Crippen LogP contribution in [0.1, 0.15) is 16.5 Å². The van der Waals surface area contributed by atoms with Crippen molar-refractivity contribution in [2.75, 3.05) is 7.11 Å². The van der Waals surface area contributed by atoms with Crippen molar-refractivity contribution in [3.8, 4) is 5.75 Å². The SMILES string of the molecule is COc1ccsc1C(NN)c1cccc(Br)c1F. The average molecular weight is 331 g/mol. The minimum absolute atomic E-state index is 0.323. The van der Waals surface area contributed by atoms with E-state index in [2.05, 4.69) is 21.4 Å². The molecule has 1 heterocycles. The third kappa shape index (κ3) is 2.42. The van der Waals surface area contributed by atoms with Crippen molar-refractivity contribution >= 4 is 27.3 Å². The summed E-state index contributed by atoms with van der Waals surface area (Å²) in [5.74, 6) is 5.93. The van der Waals surface area contributed by atoms with Crippen molar-refractivity contribution in [3.05, 3.63) is 50.4 Å². The molecule has 0 aliphatic heterocycles. The summed E-state index contributed by atoms with van der Waals surface area (Å²) in [6, 6.07) is 6.52. The van der Waals surface area contributed by atoms with Crippen LogP contribution in [0.5, 0.6) is 5.75 Å². The van der Waals surface area contributed by atoms with E-state index in [-0.39, 0.29) is 5.82 Å². The summed E-state index contributed by atoms with van der Waals surface area (Å²) in [6.07, 6.45) is 0. The molecule has 18 heavy (non-hydrogen) atoms. The van der Waals surface area contributed by atoms with Gasteiger partial charge in [0, 0.05) is 5.56 Å². The summed E-state index contributed by atoms with van der Waals surface area (Å²) in [6.45, 7) is 0. The van der Waals surface area contributed by atoms with E-state index in [0.29, 0.717) is 15.8 Å². The molecule has 3 nitrogen and oxygen atoms in total. The number of hydrogen-bond donors (Lipinski definition) is 2. The summed E-state index contributed by atoms with van der Waals surface area (Å²) in [4.78, 5) is 0.844. The molecule has 0 amide bonds. The van der Waals surface area contributed by atoms with E-state index in [0.717, 1.165) is 4.88 Å². The summed E-state index contributed by atoms with van der Waals surface area (Å²) in [5.41, 5.74) is 3.11. The quantitative estimate of drug-likeness (QED) is 0.668. The third-order valence-corrected chi connectivity index (χ3v) is 4.17. The van der Waals surface area contributed by atoms with Gasteiger partial charge >= 0.3 is 0 Å². The number of halogens is 2. The van der Waals surface area contributed by atoms with E-state index in [1.165, 1.54) is 11.3 Å². The number of methoxy groups -OCH3 is 1. The highest BCUT2D eigenvalue weighted by Crippen LogP contribution is 2.36. The first kappa shape index (κ1) is 13.5. The number of ether oxygens (including phenoxy) is 1. The van der Waals surface area contributed by atoms with Gasteiger partial charge in [0.25, 0.3) is 0 Å². The summed E-state index contributed by atoms with van der Waals surface area (Å²) < 4.78 is 19.7. The molecule has 2 aromatic rings. The molecule has 1 atom stereocenters.